The summed E-state index contributed by atoms with van der Waals surface area (Å²) in [6, 6.07) is 7.98. The lowest BCUT2D eigenvalue weighted by molar-refractivity contribution is -0.137. The van der Waals surface area contributed by atoms with Gasteiger partial charge in [0.2, 0.25) is 0 Å². The molecule has 1 unspecified atom stereocenters. The summed E-state index contributed by atoms with van der Waals surface area (Å²) < 4.78 is 64.6. The van der Waals surface area contributed by atoms with E-state index in [2.05, 4.69) is 0 Å². The number of hydrogen-bond acceptors (Lipinski definition) is 3. The number of benzene rings is 2. The molecule has 2 aromatic carbocycles. The summed E-state index contributed by atoms with van der Waals surface area (Å²) in [5.74, 6) is -1.02. The van der Waals surface area contributed by atoms with E-state index in [0.29, 0.717) is 30.1 Å². The van der Waals surface area contributed by atoms with Crippen LogP contribution in [0.4, 0.5) is 17.6 Å². The molecule has 0 spiro atoms. The van der Waals surface area contributed by atoms with E-state index in [4.69, 9.17) is 21.1 Å². The van der Waals surface area contributed by atoms with E-state index in [1.54, 1.807) is 31.2 Å². The maximum atomic E-state index is 14.4. The lowest BCUT2D eigenvalue weighted by Gasteiger charge is -2.25. The summed E-state index contributed by atoms with van der Waals surface area (Å²) >= 11 is 5.64. The van der Waals surface area contributed by atoms with Crippen molar-refractivity contribution in [3.63, 3.8) is 0 Å². The third-order valence-electron chi connectivity index (χ3n) is 4.22. The van der Waals surface area contributed by atoms with Crippen LogP contribution in [0.3, 0.4) is 0 Å². The van der Waals surface area contributed by atoms with Gasteiger partial charge in [-0.3, -0.25) is 4.79 Å². The van der Waals surface area contributed by atoms with Crippen LogP contribution in [0.1, 0.15) is 29.8 Å². The van der Waals surface area contributed by atoms with Gasteiger partial charge in [0.05, 0.1) is 23.7 Å². The second kappa shape index (κ2) is 7.97. The molecule has 28 heavy (non-hydrogen) atoms. The number of nitrogens with zero attached hydrogens (tertiary/aromatic N) is 1. The molecule has 4 nitrogen and oxygen atoms in total. The summed E-state index contributed by atoms with van der Waals surface area (Å²) in [5, 5.41) is -0.663. The van der Waals surface area contributed by atoms with Crippen molar-refractivity contribution in [2.24, 2.45) is 0 Å². The van der Waals surface area contributed by atoms with Crippen LogP contribution in [0.25, 0.3) is 0 Å². The molecule has 1 amide bonds. The van der Waals surface area contributed by atoms with E-state index >= 15 is 0 Å². The fourth-order valence-electron chi connectivity index (χ4n) is 2.96. The molecule has 1 saturated heterocycles. The zero-order chi connectivity index (χ0) is 20.5. The summed E-state index contributed by atoms with van der Waals surface area (Å²) in [6.45, 7) is 1.45. The monoisotopic (exact) mass is 417 g/mol. The Morgan fingerprint density at radius 1 is 1.29 bits per heavy atom. The second-order valence-electron chi connectivity index (χ2n) is 6.08. The topological polar surface area (TPSA) is 38.8 Å². The highest BCUT2D eigenvalue weighted by Crippen LogP contribution is 2.37. The lowest BCUT2D eigenvalue weighted by Crippen LogP contribution is -2.29. The van der Waals surface area contributed by atoms with Gasteiger partial charge in [-0.05, 0) is 25.1 Å². The van der Waals surface area contributed by atoms with Gasteiger partial charge < -0.3 is 14.4 Å². The van der Waals surface area contributed by atoms with Gasteiger partial charge in [0.15, 0.2) is 6.23 Å². The molecule has 2 aromatic rings. The van der Waals surface area contributed by atoms with Gasteiger partial charge in [-0.25, -0.2) is 4.39 Å². The summed E-state index contributed by atoms with van der Waals surface area (Å²) in [4.78, 5) is 13.5. The van der Waals surface area contributed by atoms with Gasteiger partial charge in [-0.1, -0.05) is 29.8 Å². The minimum absolute atomic E-state index is 0.278. The van der Waals surface area contributed by atoms with E-state index < -0.39 is 41.3 Å². The maximum Gasteiger partial charge on any atom is 0.416 e. The first-order valence-electron chi connectivity index (χ1n) is 8.40. The molecule has 1 atom stereocenters. The van der Waals surface area contributed by atoms with Crippen molar-refractivity contribution in [2.75, 3.05) is 13.2 Å². The Balaban J connectivity index is 1.97. The maximum absolute atomic E-state index is 14.4. The normalized spacial score (nSPS) is 17.3. The van der Waals surface area contributed by atoms with Crippen LogP contribution in [0, 0.1) is 5.82 Å². The SMILES string of the molecule is CCOc1ccccc1C1OCC(=O)N1Cc1cc(C(F)(F)F)cc(Cl)c1F. The number of carbonyl (C=O) groups is 1. The number of hydrogen-bond donors (Lipinski definition) is 0. The highest BCUT2D eigenvalue weighted by Gasteiger charge is 2.37. The van der Waals surface area contributed by atoms with Crippen molar-refractivity contribution < 1.29 is 31.8 Å². The first-order valence-corrected chi connectivity index (χ1v) is 8.78. The van der Waals surface area contributed by atoms with Gasteiger partial charge in [0, 0.05) is 11.1 Å². The summed E-state index contributed by atoms with van der Waals surface area (Å²) in [7, 11) is 0. The Kier molecular flexibility index (Phi) is 5.81. The minimum Gasteiger partial charge on any atom is -0.493 e. The number of carbonyl (C=O) groups excluding carboxylic acids is 1. The average Bonchev–Trinajstić information content (AvgIpc) is 2.99. The molecule has 0 radical (unpaired) electrons. The molecule has 1 fully saturated rings. The highest BCUT2D eigenvalue weighted by atomic mass is 35.5. The average molecular weight is 418 g/mol. The largest absolute Gasteiger partial charge is 0.493 e. The lowest BCUT2D eigenvalue weighted by atomic mass is 10.1. The number of halogens is 5. The number of rotatable bonds is 5. The third-order valence-corrected chi connectivity index (χ3v) is 4.50. The van der Waals surface area contributed by atoms with Crippen LogP contribution in [0.15, 0.2) is 36.4 Å². The molecular formula is C19H16ClF4NO3. The van der Waals surface area contributed by atoms with Gasteiger partial charge in [0.25, 0.3) is 5.91 Å². The zero-order valence-corrected chi connectivity index (χ0v) is 15.5. The van der Waals surface area contributed by atoms with Crippen LogP contribution >= 0.6 is 11.6 Å². The minimum atomic E-state index is -4.70. The zero-order valence-electron chi connectivity index (χ0n) is 14.7. The first kappa shape index (κ1) is 20.4. The summed E-state index contributed by atoms with van der Waals surface area (Å²) in [5.41, 5.74) is -0.918. The van der Waals surface area contributed by atoms with Gasteiger partial charge in [0.1, 0.15) is 18.2 Å². The summed E-state index contributed by atoms with van der Waals surface area (Å²) in [6.07, 6.45) is -5.61. The Morgan fingerprint density at radius 2 is 2.00 bits per heavy atom. The Labute approximate surface area is 163 Å². The van der Waals surface area contributed by atoms with E-state index in [-0.39, 0.29) is 12.2 Å². The first-order chi connectivity index (χ1) is 13.2. The molecular weight excluding hydrogens is 402 g/mol. The molecule has 0 aromatic heterocycles. The Hall–Kier alpha value is -2.32. The van der Waals surface area contributed by atoms with Crippen molar-refractivity contribution in [2.45, 2.75) is 25.9 Å². The van der Waals surface area contributed by atoms with Crippen LogP contribution in [-0.2, 0) is 22.3 Å². The molecule has 0 N–H and O–H groups in total. The van der Waals surface area contributed by atoms with E-state index in [1.165, 1.54) is 0 Å². The molecule has 150 valence electrons. The fraction of sp³-hybridized carbons (Fsp3) is 0.316. The van der Waals surface area contributed by atoms with E-state index in [0.717, 1.165) is 4.90 Å². The highest BCUT2D eigenvalue weighted by molar-refractivity contribution is 6.30. The molecule has 9 heteroatoms. The quantitative estimate of drug-likeness (QED) is 0.646. The molecule has 0 bridgehead atoms. The van der Waals surface area contributed by atoms with Gasteiger partial charge in [-0.2, -0.15) is 13.2 Å². The number of para-hydroxylation sites is 1. The third kappa shape index (κ3) is 4.07. The fourth-order valence-corrected chi connectivity index (χ4v) is 3.20. The number of alkyl halides is 3. The molecule has 1 aliphatic heterocycles. The van der Waals surface area contributed by atoms with Crippen molar-refractivity contribution in [3.8, 4) is 5.75 Å². The van der Waals surface area contributed by atoms with Crippen LogP contribution in [0.2, 0.25) is 5.02 Å². The predicted octanol–water partition coefficient (Wildman–Crippen LogP) is 4.95. The molecule has 0 aliphatic carbocycles. The van der Waals surface area contributed by atoms with Crippen LogP contribution in [-0.4, -0.2) is 24.0 Å². The van der Waals surface area contributed by atoms with Crippen molar-refractivity contribution in [1.29, 1.82) is 0 Å². The number of ether oxygens (including phenoxy) is 2. The molecule has 1 aliphatic rings. The predicted molar refractivity (Wildman–Crippen MR) is 93.3 cm³/mol. The number of amides is 1. The standard InChI is InChI=1S/C19H16ClF4NO3/c1-2-27-15-6-4-3-5-13(15)18-25(16(26)10-28-18)9-11-7-12(19(22,23)24)8-14(20)17(11)21/h3-8,18H,2,9-10H2,1H3. The molecule has 3 rings (SSSR count). The molecule has 1 heterocycles. The van der Waals surface area contributed by atoms with Gasteiger partial charge >= 0.3 is 6.18 Å². The molecule has 0 saturated carbocycles. The van der Waals surface area contributed by atoms with E-state index in [9.17, 15) is 22.4 Å². The van der Waals surface area contributed by atoms with Crippen molar-refractivity contribution in [1.82, 2.24) is 4.90 Å². The second-order valence-corrected chi connectivity index (χ2v) is 6.49. The van der Waals surface area contributed by atoms with Crippen LogP contribution < -0.4 is 4.74 Å². The van der Waals surface area contributed by atoms with Gasteiger partial charge in [-0.15, -0.1) is 0 Å². The smallest absolute Gasteiger partial charge is 0.416 e. The Morgan fingerprint density at radius 3 is 2.68 bits per heavy atom. The van der Waals surface area contributed by atoms with Crippen molar-refractivity contribution >= 4 is 17.5 Å². The Bertz CT molecular complexity index is 888. The van der Waals surface area contributed by atoms with Crippen molar-refractivity contribution in [3.05, 3.63) is 63.9 Å². The van der Waals surface area contributed by atoms with E-state index in [1.807, 2.05) is 0 Å². The van der Waals surface area contributed by atoms with Crippen LogP contribution in [0.5, 0.6) is 5.75 Å².